The molecule has 0 aliphatic heterocycles. The van der Waals surface area contributed by atoms with Crippen LogP contribution in [0.4, 0.5) is 0 Å². The van der Waals surface area contributed by atoms with Crippen LogP contribution in [0.25, 0.3) is 5.95 Å². The quantitative estimate of drug-likeness (QED) is 0.790. The number of hydrogen-bond donors (Lipinski definition) is 1. The molecule has 0 saturated heterocycles. The molecule has 0 amide bonds. The van der Waals surface area contributed by atoms with Crippen molar-refractivity contribution >= 4 is 0 Å². The predicted molar refractivity (Wildman–Crippen MR) is 56.5 cm³/mol. The Morgan fingerprint density at radius 2 is 2.00 bits per heavy atom. The summed E-state index contributed by atoms with van der Waals surface area (Å²) in [6.07, 6.45) is 5.14. The first kappa shape index (κ1) is 9.79. The third kappa shape index (κ3) is 1.73. The second-order valence-corrected chi connectivity index (χ2v) is 3.43. The Balaban J connectivity index is 2.47. The molecule has 1 atom stereocenters. The first-order valence-corrected chi connectivity index (χ1v) is 4.77. The number of nitrogens with two attached hydrogens (primary N) is 1. The lowest BCUT2D eigenvalue weighted by atomic mass is 10.1. The van der Waals surface area contributed by atoms with Crippen molar-refractivity contribution in [2.24, 2.45) is 5.73 Å². The molecule has 0 radical (unpaired) electrons. The third-order valence-corrected chi connectivity index (χ3v) is 2.28. The highest BCUT2D eigenvalue weighted by atomic mass is 15.3. The van der Waals surface area contributed by atoms with Crippen molar-refractivity contribution in [3.05, 3.63) is 35.9 Å². The van der Waals surface area contributed by atoms with Crippen molar-refractivity contribution in [3.63, 3.8) is 0 Å². The maximum Gasteiger partial charge on any atom is 0.250 e. The van der Waals surface area contributed by atoms with Crippen LogP contribution in [-0.2, 0) is 0 Å². The lowest BCUT2D eigenvalue weighted by molar-refractivity contribution is 0.767. The van der Waals surface area contributed by atoms with Crippen LogP contribution >= 0.6 is 0 Å². The summed E-state index contributed by atoms with van der Waals surface area (Å²) in [5.74, 6) is 0.571. The van der Waals surface area contributed by atoms with Gasteiger partial charge < -0.3 is 5.73 Å². The molecule has 5 nitrogen and oxygen atoms in total. The van der Waals surface area contributed by atoms with Crippen molar-refractivity contribution in [1.29, 1.82) is 0 Å². The Morgan fingerprint density at radius 1 is 1.33 bits per heavy atom. The van der Waals surface area contributed by atoms with Gasteiger partial charge in [0.2, 0.25) is 0 Å². The average Bonchev–Trinajstić information content (AvgIpc) is 2.61. The largest absolute Gasteiger partial charge is 0.324 e. The second-order valence-electron chi connectivity index (χ2n) is 3.43. The minimum absolute atomic E-state index is 0.0255. The van der Waals surface area contributed by atoms with Gasteiger partial charge in [-0.2, -0.15) is 5.10 Å². The summed E-state index contributed by atoms with van der Waals surface area (Å²) in [7, 11) is 0. The van der Waals surface area contributed by atoms with E-state index in [1.807, 2.05) is 13.8 Å². The second kappa shape index (κ2) is 3.78. The Hall–Kier alpha value is -1.75. The molecule has 2 N–H and O–H groups in total. The minimum atomic E-state index is -0.0255. The molecule has 2 rings (SSSR count). The molecule has 0 aliphatic rings. The topological polar surface area (TPSA) is 69.6 Å². The van der Waals surface area contributed by atoms with E-state index in [-0.39, 0.29) is 6.04 Å². The highest BCUT2D eigenvalue weighted by molar-refractivity contribution is 5.25. The van der Waals surface area contributed by atoms with E-state index in [1.54, 1.807) is 29.3 Å². The van der Waals surface area contributed by atoms with Gasteiger partial charge in [0.1, 0.15) is 0 Å². The van der Waals surface area contributed by atoms with E-state index in [0.29, 0.717) is 5.95 Å². The molecule has 15 heavy (non-hydrogen) atoms. The Kier molecular flexibility index (Phi) is 2.47. The van der Waals surface area contributed by atoms with Crippen molar-refractivity contribution < 1.29 is 0 Å². The Bertz CT molecular complexity index is 446. The van der Waals surface area contributed by atoms with Gasteiger partial charge in [-0.3, -0.25) is 0 Å². The van der Waals surface area contributed by atoms with E-state index in [0.717, 1.165) is 11.3 Å². The highest BCUT2D eigenvalue weighted by Crippen LogP contribution is 2.15. The van der Waals surface area contributed by atoms with Crippen LogP contribution in [0, 0.1) is 6.92 Å². The van der Waals surface area contributed by atoms with Gasteiger partial charge in [0.05, 0.1) is 6.20 Å². The molecular weight excluding hydrogens is 190 g/mol. The molecule has 0 aromatic carbocycles. The standard InChI is InChI=1S/C10H13N5/c1-7(11)9-6-14-15(8(9)2)10-12-4-3-5-13-10/h3-7H,11H2,1-2H3. The zero-order chi connectivity index (χ0) is 10.8. The molecule has 2 heterocycles. The highest BCUT2D eigenvalue weighted by Gasteiger charge is 2.11. The van der Waals surface area contributed by atoms with Crippen molar-refractivity contribution in [3.8, 4) is 5.95 Å². The summed E-state index contributed by atoms with van der Waals surface area (Å²) < 4.78 is 1.69. The summed E-state index contributed by atoms with van der Waals surface area (Å²) in [5.41, 5.74) is 7.81. The van der Waals surface area contributed by atoms with Crippen LogP contribution in [-0.4, -0.2) is 19.7 Å². The zero-order valence-corrected chi connectivity index (χ0v) is 8.75. The number of nitrogens with zero attached hydrogens (tertiary/aromatic N) is 4. The van der Waals surface area contributed by atoms with Crippen molar-refractivity contribution in [1.82, 2.24) is 19.7 Å². The van der Waals surface area contributed by atoms with Crippen LogP contribution < -0.4 is 5.73 Å². The van der Waals surface area contributed by atoms with Gasteiger partial charge in [-0.25, -0.2) is 14.6 Å². The van der Waals surface area contributed by atoms with Crippen molar-refractivity contribution in [2.75, 3.05) is 0 Å². The number of hydrogen-bond acceptors (Lipinski definition) is 4. The van der Waals surface area contributed by atoms with Gasteiger partial charge >= 0.3 is 0 Å². The first-order chi connectivity index (χ1) is 7.20. The summed E-state index contributed by atoms with van der Waals surface area (Å²) in [6.45, 7) is 3.89. The first-order valence-electron chi connectivity index (χ1n) is 4.77. The van der Waals surface area contributed by atoms with Gasteiger partial charge in [0, 0.05) is 29.7 Å². The normalized spacial score (nSPS) is 12.7. The maximum atomic E-state index is 5.81. The monoisotopic (exact) mass is 203 g/mol. The van der Waals surface area contributed by atoms with Crippen molar-refractivity contribution in [2.45, 2.75) is 19.9 Å². The fourth-order valence-corrected chi connectivity index (χ4v) is 1.47. The molecule has 0 fully saturated rings. The van der Waals surface area contributed by atoms with E-state index >= 15 is 0 Å². The van der Waals surface area contributed by atoms with E-state index in [4.69, 9.17) is 5.73 Å². The molecular formula is C10H13N5. The maximum absolute atomic E-state index is 5.81. The Labute approximate surface area is 88.0 Å². The smallest absolute Gasteiger partial charge is 0.250 e. The lowest BCUT2D eigenvalue weighted by Crippen LogP contribution is -2.08. The fourth-order valence-electron chi connectivity index (χ4n) is 1.47. The van der Waals surface area contributed by atoms with E-state index < -0.39 is 0 Å². The van der Waals surface area contributed by atoms with Crippen LogP contribution in [0.2, 0.25) is 0 Å². The summed E-state index contributed by atoms with van der Waals surface area (Å²) >= 11 is 0. The fraction of sp³-hybridized carbons (Fsp3) is 0.300. The summed E-state index contributed by atoms with van der Waals surface area (Å²) in [6, 6.07) is 1.75. The SMILES string of the molecule is Cc1c(C(C)N)cnn1-c1ncccn1. The summed E-state index contributed by atoms with van der Waals surface area (Å²) in [5, 5.41) is 4.22. The van der Waals surface area contributed by atoms with Crippen LogP contribution in [0.5, 0.6) is 0 Å². The van der Waals surface area contributed by atoms with Gasteiger partial charge in [-0.1, -0.05) is 0 Å². The van der Waals surface area contributed by atoms with E-state index in [2.05, 4.69) is 15.1 Å². The van der Waals surface area contributed by atoms with Gasteiger partial charge in [-0.15, -0.1) is 0 Å². The molecule has 0 spiro atoms. The van der Waals surface area contributed by atoms with Gasteiger partial charge in [0.15, 0.2) is 0 Å². The predicted octanol–water partition coefficient (Wildman–Crippen LogP) is 0.990. The summed E-state index contributed by atoms with van der Waals surface area (Å²) in [4.78, 5) is 8.26. The number of aromatic nitrogens is 4. The molecule has 1 unspecified atom stereocenters. The molecule has 2 aromatic heterocycles. The molecule has 2 aromatic rings. The molecule has 78 valence electrons. The number of rotatable bonds is 2. The van der Waals surface area contributed by atoms with E-state index in [1.165, 1.54) is 0 Å². The lowest BCUT2D eigenvalue weighted by Gasteiger charge is -2.05. The zero-order valence-electron chi connectivity index (χ0n) is 8.75. The van der Waals surface area contributed by atoms with Gasteiger partial charge in [-0.05, 0) is 19.9 Å². The van der Waals surface area contributed by atoms with E-state index in [9.17, 15) is 0 Å². The average molecular weight is 203 g/mol. The van der Waals surface area contributed by atoms with Crippen LogP contribution in [0.1, 0.15) is 24.2 Å². The third-order valence-electron chi connectivity index (χ3n) is 2.28. The van der Waals surface area contributed by atoms with Gasteiger partial charge in [0.25, 0.3) is 5.95 Å². The van der Waals surface area contributed by atoms with Crippen LogP contribution in [0.3, 0.4) is 0 Å². The molecule has 0 saturated carbocycles. The minimum Gasteiger partial charge on any atom is -0.324 e. The molecule has 0 aliphatic carbocycles. The Morgan fingerprint density at radius 3 is 2.53 bits per heavy atom. The molecule has 5 heteroatoms. The van der Waals surface area contributed by atoms with Crippen LogP contribution in [0.15, 0.2) is 24.7 Å². The molecule has 0 bridgehead atoms.